The van der Waals surface area contributed by atoms with Crippen LogP contribution in [0.1, 0.15) is 32.0 Å². The smallest absolute Gasteiger partial charge is 0.269 e. The Bertz CT molecular complexity index is 658. The van der Waals surface area contributed by atoms with Crippen LogP contribution in [0.25, 0.3) is 0 Å². The maximum Gasteiger partial charge on any atom is 0.269 e. The first-order chi connectivity index (χ1) is 10.3. The molecule has 1 amide bonds. The van der Waals surface area contributed by atoms with Crippen molar-refractivity contribution in [3.05, 3.63) is 33.7 Å². The van der Waals surface area contributed by atoms with Gasteiger partial charge >= 0.3 is 0 Å². The first-order valence-electron chi connectivity index (χ1n) is 7.47. The highest BCUT2D eigenvalue weighted by molar-refractivity contribution is 5.76. The number of pyridine rings is 1. The number of rotatable bonds is 2. The van der Waals surface area contributed by atoms with Gasteiger partial charge in [-0.1, -0.05) is 20.8 Å². The minimum Gasteiger partial charge on any atom is -0.339 e. The average molecular weight is 302 g/mol. The molecule has 22 heavy (non-hydrogen) atoms. The van der Waals surface area contributed by atoms with Crippen LogP contribution in [0.2, 0.25) is 0 Å². The minimum atomic E-state index is -0.390. The zero-order valence-electron chi connectivity index (χ0n) is 13.3. The molecule has 0 aromatic carbocycles. The van der Waals surface area contributed by atoms with Gasteiger partial charge in [0, 0.05) is 37.3 Å². The molecular weight excluding hydrogens is 280 g/mol. The summed E-state index contributed by atoms with van der Waals surface area (Å²) in [6.07, 6.45) is 0. The number of nitrogens with one attached hydrogen (secondary N) is 1. The predicted molar refractivity (Wildman–Crippen MR) is 83.6 cm³/mol. The maximum atomic E-state index is 12.5. The lowest BCUT2D eigenvalue weighted by molar-refractivity contribution is -0.132. The molecule has 6 heteroatoms. The van der Waals surface area contributed by atoms with Crippen molar-refractivity contribution >= 4 is 5.91 Å². The van der Waals surface area contributed by atoms with Crippen LogP contribution in [0.3, 0.4) is 0 Å². The SMILES string of the molecule is CC(C)(C)c1ccc(C#N)c(=O)n1CC(=O)N1CCNCC1. The lowest BCUT2D eigenvalue weighted by Gasteiger charge is -2.29. The molecule has 2 rings (SSSR count). The fraction of sp³-hybridized carbons (Fsp3) is 0.562. The standard InChI is InChI=1S/C16H22N4O2/c1-16(2,3)13-5-4-12(10-17)15(22)20(13)11-14(21)19-8-6-18-7-9-19/h4-5,18H,6-9,11H2,1-3H3. The summed E-state index contributed by atoms with van der Waals surface area (Å²) in [5.74, 6) is -0.0795. The van der Waals surface area contributed by atoms with E-state index in [9.17, 15) is 9.59 Å². The molecule has 0 bridgehead atoms. The maximum absolute atomic E-state index is 12.5. The fourth-order valence-electron chi connectivity index (χ4n) is 2.62. The molecular formula is C16H22N4O2. The number of nitrogens with zero attached hydrogens (tertiary/aromatic N) is 3. The Labute approximate surface area is 130 Å². The van der Waals surface area contributed by atoms with Crippen molar-refractivity contribution in [1.82, 2.24) is 14.8 Å². The molecule has 1 saturated heterocycles. The molecule has 1 aliphatic rings. The Morgan fingerprint density at radius 3 is 2.50 bits per heavy atom. The second-order valence-corrected chi connectivity index (χ2v) is 6.52. The molecule has 2 heterocycles. The van der Waals surface area contributed by atoms with Crippen LogP contribution in [-0.4, -0.2) is 41.6 Å². The number of hydrogen-bond donors (Lipinski definition) is 1. The lowest BCUT2D eigenvalue weighted by Crippen LogP contribution is -2.48. The van der Waals surface area contributed by atoms with E-state index >= 15 is 0 Å². The van der Waals surface area contributed by atoms with E-state index in [0.29, 0.717) is 13.1 Å². The highest BCUT2D eigenvalue weighted by atomic mass is 16.2. The lowest BCUT2D eigenvalue weighted by atomic mass is 9.90. The van der Waals surface area contributed by atoms with Gasteiger partial charge < -0.3 is 14.8 Å². The highest BCUT2D eigenvalue weighted by Crippen LogP contribution is 2.21. The topological polar surface area (TPSA) is 78.1 Å². The summed E-state index contributed by atoms with van der Waals surface area (Å²) in [7, 11) is 0. The number of aromatic nitrogens is 1. The summed E-state index contributed by atoms with van der Waals surface area (Å²) in [5, 5.41) is 12.2. The van der Waals surface area contributed by atoms with Gasteiger partial charge in [0.25, 0.3) is 5.56 Å². The monoisotopic (exact) mass is 302 g/mol. The van der Waals surface area contributed by atoms with E-state index in [-0.39, 0.29) is 23.4 Å². The molecule has 0 radical (unpaired) electrons. The summed E-state index contributed by atoms with van der Waals surface area (Å²) in [5.41, 5.74) is 0.163. The number of hydrogen-bond acceptors (Lipinski definition) is 4. The van der Waals surface area contributed by atoms with Gasteiger partial charge in [0.15, 0.2) is 0 Å². The Morgan fingerprint density at radius 2 is 1.95 bits per heavy atom. The molecule has 1 aromatic heterocycles. The van der Waals surface area contributed by atoms with Gasteiger partial charge in [-0.3, -0.25) is 9.59 Å². The zero-order valence-corrected chi connectivity index (χ0v) is 13.3. The number of nitriles is 1. The Kier molecular flexibility index (Phi) is 4.67. The third kappa shape index (κ3) is 3.37. The van der Waals surface area contributed by atoms with Gasteiger partial charge in [-0.15, -0.1) is 0 Å². The van der Waals surface area contributed by atoms with Crippen LogP contribution in [0, 0.1) is 11.3 Å². The Hall–Kier alpha value is -2.13. The number of piperazine rings is 1. The van der Waals surface area contributed by atoms with Crippen LogP contribution >= 0.6 is 0 Å². The first-order valence-corrected chi connectivity index (χ1v) is 7.47. The van der Waals surface area contributed by atoms with E-state index in [2.05, 4.69) is 5.32 Å². The van der Waals surface area contributed by atoms with E-state index in [1.807, 2.05) is 26.8 Å². The van der Waals surface area contributed by atoms with Gasteiger partial charge in [0.05, 0.1) is 0 Å². The molecule has 0 saturated carbocycles. The van der Waals surface area contributed by atoms with Gasteiger partial charge in [-0.05, 0) is 12.1 Å². The summed E-state index contributed by atoms with van der Waals surface area (Å²) in [6, 6.07) is 5.20. The molecule has 6 nitrogen and oxygen atoms in total. The number of carbonyl (C=O) groups excluding carboxylic acids is 1. The summed E-state index contributed by atoms with van der Waals surface area (Å²) >= 11 is 0. The van der Waals surface area contributed by atoms with Gasteiger partial charge in [0.1, 0.15) is 18.2 Å². The van der Waals surface area contributed by atoms with Crippen molar-refractivity contribution in [2.75, 3.05) is 26.2 Å². The van der Waals surface area contributed by atoms with E-state index < -0.39 is 5.56 Å². The van der Waals surface area contributed by atoms with Crippen LogP contribution in [-0.2, 0) is 16.8 Å². The molecule has 0 atom stereocenters. The highest BCUT2D eigenvalue weighted by Gasteiger charge is 2.24. The van der Waals surface area contributed by atoms with Crippen LogP contribution in [0.4, 0.5) is 0 Å². The first kappa shape index (κ1) is 16.2. The van der Waals surface area contributed by atoms with E-state index in [1.54, 1.807) is 11.0 Å². The van der Waals surface area contributed by atoms with E-state index in [1.165, 1.54) is 10.6 Å². The van der Waals surface area contributed by atoms with Crippen molar-refractivity contribution in [2.24, 2.45) is 0 Å². The van der Waals surface area contributed by atoms with Gasteiger partial charge in [-0.25, -0.2) is 0 Å². The largest absolute Gasteiger partial charge is 0.339 e. The second kappa shape index (κ2) is 6.32. The molecule has 0 aliphatic carbocycles. The van der Waals surface area contributed by atoms with Gasteiger partial charge in [0.2, 0.25) is 5.91 Å². The number of amides is 1. The molecule has 1 aromatic rings. The normalized spacial score (nSPS) is 15.5. The van der Waals surface area contributed by atoms with Crippen molar-refractivity contribution in [3.8, 4) is 6.07 Å². The van der Waals surface area contributed by atoms with Crippen molar-refractivity contribution in [2.45, 2.75) is 32.7 Å². The van der Waals surface area contributed by atoms with Crippen molar-refractivity contribution in [3.63, 3.8) is 0 Å². The molecule has 0 unspecified atom stereocenters. The Morgan fingerprint density at radius 1 is 1.32 bits per heavy atom. The summed E-state index contributed by atoms with van der Waals surface area (Å²) in [4.78, 5) is 26.7. The van der Waals surface area contributed by atoms with Crippen molar-refractivity contribution < 1.29 is 4.79 Å². The van der Waals surface area contributed by atoms with Crippen LogP contribution in [0.15, 0.2) is 16.9 Å². The minimum absolute atomic E-state index is 0.0129. The molecule has 1 fully saturated rings. The summed E-state index contributed by atoms with van der Waals surface area (Å²) in [6.45, 7) is 8.78. The van der Waals surface area contributed by atoms with E-state index in [0.717, 1.165) is 18.8 Å². The predicted octanol–water partition coefficient (Wildman–Crippen LogP) is 0.449. The number of carbonyl (C=O) groups is 1. The van der Waals surface area contributed by atoms with Crippen molar-refractivity contribution in [1.29, 1.82) is 5.26 Å². The third-order valence-electron chi connectivity index (χ3n) is 3.83. The van der Waals surface area contributed by atoms with Crippen LogP contribution < -0.4 is 10.9 Å². The molecule has 1 N–H and O–H groups in total. The molecule has 118 valence electrons. The fourth-order valence-corrected chi connectivity index (χ4v) is 2.62. The average Bonchev–Trinajstić information content (AvgIpc) is 2.48. The van der Waals surface area contributed by atoms with Crippen LogP contribution in [0.5, 0.6) is 0 Å². The zero-order chi connectivity index (χ0) is 16.3. The molecule has 1 aliphatic heterocycles. The third-order valence-corrected chi connectivity index (χ3v) is 3.83. The quantitative estimate of drug-likeness (QED) is 0.860. The van der Waals surface area contributed by atoms with E-state index in [4.69, 9.17) is 5.26 Å². The molecule has 0 spiro atoms. The second-order valence-electron chi connectivity index (χ2n) is 6.52. The Balaban J connectivity index is 2.38. The summed E-state index contributed by atoms with van der Waals surface area (Å²) < 4.78 is 1.45. The van der Waals surface area contributed by atoms with Gasteiger partial charge in [-0.2, -0.15) is 5.26 Å².